The number of thiazole rings is 1. The molecule has 8 heteroatoms. The van der Waals surface area contributed by atoms with Crippen LogP contribution in [0.4, 0.5) is 4.79 Å². The summed E-state index contributed by atoms with van der Waals surface area (Å²) in [7, 11) is 0. The maximum absolute atomic E-state index is 11.9. The number of aliphatic hydroxyl groups excluding tert-OH is 1. The normalized spacial score (nSPS) is 22.0. The van der Waals surface area contributed by atoms with Crippen LogP contribution in [0, 0.1) is 6.92 Å². The summed E-state index contributed by atoms with van der Waals surface area (Å²) in [4.78, 5) is 28.4. The number of carbonyl (C=O) groups excluding carboxylic acids is 1. The Bertz CT molecular complexity index is 505. The number of nitrogens with zero attached hydrogens (tertiary/aromatic N) is 2. The molecule has 0 spiro atoms. The maximum atomic E-state index is 11.9. The van der Waals surface area contributed by atoms with Crippen molar-refractivity contribution in [2.75, 3.05) is 13.1 Å². The topological polar surface area (TPSA) is 103 Å². The molecule has 1 aromatic rings. The predicted molar refractivity (Wildman–Crippen MR) is 72.7 cm³/mol. The molecule has 1 aliphatic rings. The number of hydrogen-bond acceptors (Lipinski definition) is 5. The Kier molecular flexibility index (Phi) is 4.56. The average molecular weight is 299 g/mol. The first-order chi connectivity index (χ1) is 9.47. The summed E-state index contributed by atoms with van der Waals surface area (Å²) in [5.74, 6) is -1.09. The Labute approximate surface area is 120 Å². The average Bonchev–Trinajstić information content (AvgIpc) is 2.95. The standard InChI is InChI=1S/C12H17N3O4S/c1-7-14-8(6-20-7)2-3-13-12(19)15-5-9(16)4-10(15)11(17)18/h6,9-10,16H,2-5H2,1H3,(H,13,19)(H,17,18). The summed E-state index contributed by atoms with van der Waals surface area (Å²) < 4.78 is 0. The van der Waals surface area contributed by atoms with Gasteiger partial charge in [-0.25, -0.2) is 14.6 Å². The summed E-state index contributed by atoms with van der Waals surface area (Å²) in [6.45, 7) is 2.36. The number of carboxylic acid groups (broad SMARTS) is 1. The number of aromatic nitrogens is 1. The molecule has 0 aliphatic carbocycles. The molecule has 110 valence electrons. The number of hydrogen-bond donors (Lipinski definition) is 3. The van der Waals surface area contributed by atoms with Crippen molar-refractivity contribution in [3.8, 4) is 0 Å². The molecule has 2 atom stereocenters. The van der Waals surface area contributed by atoms with Crippen molar-refractivity contribution >= 4 is 23.3 Å². The van der Waals surface area contributed by atoms with Crippen LogP contribution >= 0.6 is 11.3 Å². The quantitative estimate of drug-likeness (QED) is 0.738. The first kappa shape index (κ1) is 14.7. The van der Waals surface area contributed by atoms with E-state index in [-0.39, 0.29) is 13.0 Å². The first-order valence-corrected chi connectivity index (χ1v) is 7.21. The molecule has 2 heterocycles. The van der Waals surface area contributed by atoms with E-state index in [1.54, 1.807) is 11.3 Å². The summed E-state index contributed by atoms with van der Waals surface area (Å²) in [5, 5.41) is 24.1. The van der Waals surface area contributed by atoms with Crippen LogP contribution in [-0.2, 0) is 11.2 Å². The molecule has 2 unspecified atom stereocenters. The van der Waals surface area contributed by atoms with Crippen LogP contribution in [0.25, 0.3) is 0 Å². The fraction of sp³-hybridized carbons (Fsp3) is 0.583. The lowest BCUT2D eigenvalue weighted by Crippen LogP contribution is -2.46. The number of aliphatic hydroxyl groups is 1. The van der Waals surface area contributed by atoms with E-state index in [1.165, 1.54) is 4.90 Å². The summed E-state index contributed by atoms with van der Waals surface area (Å²) in [6.07, 6.45) is -0.0961. The highest BCUT2D eigenvalue weighted by atomic mass is 32.1. The molecule has 0 radical (unpaired) electrons. The van der Waals surface area contributed by atoms with E-state index in [1.807, 2.05) is 12.3 Å². The number of β-amino-alcohol motifs (C(OH)–C–C–N with tert-alkyl or cyclic N) is 1. The lowest BCUT2D eigenvalue weighted by Gasteiger charge is -2.21. The Hall–Kier alpha value is -1.67. The van der Waals surface area contributed by atoms with Gasteiger partial charge in [0.2, 0.25) is 0 Å². The van der Waals surface area contributed by atoms with Gasteiger partial charge in [0.05, 0.1) is 16.8 Å². The van der Waals surface area contributed by atoms with E-state index in [0.717, 1.165) is 10.7 Å². The Morgan fingerprint density at radius 3 is 2.95 bits per heavy atom. The number of carbonyl (C=O) groups is 2. The smallest absolute Gasteiger partial charge is 0.326 e. The Morgan fingerprint density at radius 1 is 1.60 bits per heavy atom. The van der Waals surface area contributed by atoms with Crippen LogP contribution in [0.3, 0.4) is 0 Å². The molecule has 0 bridgehead atoms. The van der Waals surface area contributed by atoms with Crippen molar-refractivity contribution in [3.63, 3.8) is 0 Å². The summed E-state index contributed by atoms with van der Waals surface area (Å²) in [5.41, 5.74) is 0.907. The van der Waals surface area contributed by atoms with Crippen molar-refractivity contribution in [2.24, 2.45) is 0 Å². The molecule has 1 aromatic heterocycles. The van der Waals surface area contributed by atoms with E-state index in [0.29, 0.717) is 13.0 Å². The Balaban J connectivity index is 1.83. The number of carboxylic acids is 1. The van der Waals surface area contributed by atoms with Crippen LogP contribution in [0.2, 0.25) is 0 Å². The minimum absolute atomic E-state index is 0.0542. The monoisotopic (exact) mass is 299 g/mol. The second-order valence-corrected chi connectivity index (χ2v) is 5.80. The maximum Gasteiger partial charge on any atom is 0.326 e. The van der Waals surface area contributed by atoms with Crippen molar-refractivity contribution in [1.82, 2.24) is 15.2 Å². The minimum Gasteiger partial charge on any atom is -0.480 e. The highest BCUT2D eigenvalue weighted by Crippen LogP contribution is 2.18. The number of likely N-dealkylation sites (tertiary alicyclic amines) is 1. The molecule has 2 amide bonds. The van der Waals surface area contributed by atoms with Crippen molar-refractivity contribution < 1.29 is 19.8 Å². The molecule has 2 rings (SSSR count). The fourth-order valence-corrected chi connectivity index (χ4v) is 2.84. The molecule has 1 saturated heterocycles. The van der Waals surface area contributed by atoms with Gasteiger partial charge in [0.15, 0.2) is 0 Å². The second-order valence-electron chi connectivity index (χ2n) is 4.74. The molecule has 0 saturated carbocycles. The van der Waals surface area contributed by atoms with E-state index in [4.69, 9.17) is 5.11 Å². The number of rotatable bonds is 4. The molecule has 0 aromatic carbocycles. The van der Waals surface area contributed by atoms with Gasteiger partial charge in [-0.15, -0.1) is 11.3 Å². The molecule has 1 aliphatic heterocycles. The number of aryl methyl sites for hydroxylation is 1. The Morgan fingerprint density at radius 2 is 2.35 bits per heavy atom. The zero-order chi connectivity index (χ0) is 14.7. The third-order valence-electron chi connectivity index (χ3n) is 3.15. The summed E-state index contributed by atoms with van der Waals surface area (Å²) >= 11 is 1.55. The van der Waals surface area contributed by atoms with Gasteiger partial charge >= 0.3 is 12.0 Å². The molecule has 3 N–H and O–H groups in total. The van der Waals surface area contributed by atoms with E-state index in [9.17, 15) is 14.7 Å². The van der Waals surface area contributed by atoms with Crippen molar-refractivity contribution in [2.45, 2.75) is 31.9 Å². The van der Waals surface area contributed by atoms with Gasteiger partial charge < -0.3 is 20.4 Å². The van der Waals surface area contributed by atoms with Gasteiger partial charge in [0.25, 0.3) is 0 Å². The van der Waals surface area contributed by atoms with Crippen LogP contribution in [0.1, 0.15) is 17.1 Å². The zero-order valence-electron chi connectivity index (χ0n) is 11.1. The zero-order valence-corrected chi connectivity index (χ0v) is 11.9. The number of amides is 2. The number of nitrogens with one attached hydrogen (secondary N) is 1. The van der Waals surface area contributed by atoms with Crippen LogP contribution in [0.5, 0.6) is 0 Å². The second kappa shape index (κ2) is 6.19. The van der Waals surface area contributed by atoms with Gasteiger partial charge in [-0.1, -0.05) is 0 Å². The van der Waals surface area contributed by atoms with Crippen LogP contribution < -0.4 is 5.32 Å². The van der Waals surface area contributed by atoms with Gasteiger partial charge in [0, 0.05) is 31.3 Å². The summed E-state index contributed by atoms with van der Waals surface area (Å²) in [6, 6.07) is -1.41. The SMILES string of the molecule is Cc1nc(CCNC(=O)N2CC(O)CC2C(=O)O)cs1. The van der Waals surface area contributed by atoms with Crippen LogP contribution in [-0.4, -0.2) is 57.3 Å². The first-order valence-electron chi connectivity index (χ1n) is 6.33. The molecular formula is C12H17N3O4S. The van der Waals surface area contributed by atoms with Gasteiger partial charge in [-0.2, -0.15) is 0 Å². The minimum atomic E-state index is -1.09. The van der Waals surface area contributed by atoms with Gasteiger partial charge in [-0.3, -0.25) is 0 Å². The highest BCUT2D eigenvalue weighted by Gasteiger charge is 2.38. The number of urea groups is 1. The molecule has 1 fully saturated rings. The van der Waals surface area contributed by atoms with E-state index in [2.05, 4.69) is 10.3 Å². The van der Waals surface area contributed by atoms with E-state index < -0.39 is 24.1 Å². The molecular weight excluding hydrogens is 282 g/mol. The van der Waals surface area contributed by atoms with Crippen molar-refractivity contribution in [3.05, 3.63) is 16.1 Å². The van der Waals surface area contributed by atoms with Crippen molar-refractivity contribution in [1.29, 1.82) is 0 Å². The predicted octanol–water partition coefficient (Wildman–Crippen LogP) is 0.223. The number of aliphatic carboxylic acids is 1. The third-order valence-corrected chi connectivity index (χ3v) is 3.97. The largest absolute Gasteiger partial charge is 0.480 e. The molecule has 7 nitrogen and oxygen atoms in total. The highest BCUT2D eigenvalue weighted by molar-refractivity contribution is 7.09. The van der Waals surface area contributed by atoms with E-state index >= 15 is 0 Å². The van der Waals surface area contributed by atoms with Gasteiger partial charge in [0.1, 0.15) is 6.04 Å². The molecule has 20 heavy (non-hydrogen) atoms. The third kappa shape index (κ3) is 3.45. The lowest BCUT2D eigenvalue weighted by atomic mass is 10.2. The fourth-order valence-electron chi connectivity index (χ4n) is 2.19. The lowest BCUT2D eigenvalue weighted by molar-refractivity contribution is -0.141. The van der Waals surface area contributed by atoms with Crippen LogP contribution in [0.15, 0.2) is 5.38 Å². The van der Waals surface area contributed by atoms with Gasteiger partial charge in [-0.05, 0) is 6.92 Å².